The molecule has 2 aromatic carbocycles. The van der Waals surface area contributed by atoms with Gasteiger partial charge in [-0.2, -0.15) is 0 Å². The number of fused-ring (bicyclic) bond motifs is 1. The first-order valence-electron chi connectivity index (χ1n) is 9.50. The summed E-state index contributed by atoms with van der Waals surface area (Å²) in [5, 5.41) is 4.90. The van der Waals surface area contributed by atoms with Crippen molar-refractivity contribution in [1.82, 2.24) is 9.88 Å². The number of amides is 3. The van der Waals surface area contributed by atoms with E-state index >= 15 is 0 Å². The molecule has 0 aliphatic carbocycles. The number of nitrogens with one attached hydrogen (secondary N) is 1. The third kappa shape index (κ3) is 3.95. The molecule has 1 N–H and O–H groups in total. The van der Waals surface area contributed by atoms with Gasteiger partial charge in [0.2, 0.25) is 5.91 Å². The van der Waals surface area contributed by atoms with Crippen molar-refractivity contribution in [3.05, 3.63) is 65.0 Å². The van der Waals surface area contributed by atoms with Crippen LogP contribution in [0.25, 0.3) is 11.3 Å². The Balaban J connectivity index is 1.39. The van der Waals surface area contributed by atoms with Gasteiger partial charge in [0.15, 0.2) is 5.13 Å². The molecule has 0 bridgehead atoms. The minimum absolute atomic E-state index is 0.318. The molecule has 0 saturated heterocycles. The summed E-state index contributed by atoms with van der Waals surface area (Å²) in [7, 11) is 0. The molecule has 4 rings (SSSR count). The minimum Gasteiger partial charge on any atom is -0.494 e. The number of nitrogens with zero attached hydrogens (tertiary/aromatic N) is 2. The molecule has 8 heteroatoms. The maximum absolute atomic E-state index is 12.4. The largest absolute Gasteiger partial charge is 0.494 e. The Labute approximate surface area is 177 Å². The normalized spacial score (nSPS) is 12.8. The first-order chi connectivity index (χ1) is 14.6. The molecule has 3 amide bonds. The molecule has 152 valence electrons. The quantitative estimate of drug-likeness (QED) is 0.586. The number of thiazole rings is 1. The van der Waals surface area contributed by atoms with Crippen LogP contribution in [0.15, 0.2) is 53.9 Å². The average molecular weight is 421 g/mol. The summed E-state index contributed by atoms with van der Waals surface area (Å²) in [6.45, 7) is 2.36. The van der Waals surface area contributed by atoms with Gasteiger partial charge >= 0.3 is 0 Å². The van der Waals surface area contributed by atoms with Crippen molar-refractivity contribution >= 4 is 34.2 Å². The number of hydrogen-bond acceptors (Lipinski definition) is 6. The highest BCUT2D eigenvalue weighted by Gasteiger charge is 2.36. The number of carbonyl (C=O) groups excluding carboxylic acids is 3. The molecule has 0 radical (unpaired) electrons. The van der Waals surface area contributed by atoms with Crippen LogP contribution in [0.4, 0.5) is 5.13 Å². The van der Waals surface area contributed by atoms with Gasteiger partial charge in [-0.05, 0) is 42.8 Å². The maximum Gasteiger partial charge on any atom is 0.262 e. The molecule has 0 atom stereocenters. The number of ether oxygens (including phenoxy) is 1. The summed E-state index contributed by atoms with van der Waals surface area (Å²) in [6, 6.07) is 14.1. The van der Waals surface area contributed by atoms with Crippen LogP contribution < -0.4 is 10.1 Å². The van der Waals surface area contributed by atoms with Crippen molar-refractivity contribution in [2.75, 3.05) is 18.5 Å². The van der Waals surface area contributed by atoms with Gasteiger partial charge < -0.3 is 10.1 Å². The van der Waals surface area contributed by atoms with Gasteiger partial charge in [0, 0.05) is 10.9 Å². The number of rotatable bonds is 7. The Bertz CT molecular complexity index is 1070. The molecule has 7 nitrogen and oxygen atoms in total. The van der Waals surface area contributed by atoms with Crippen molar-refractivity contribution in [1.29, 1.82) is 0 Å². The van der Waals surface area contributed by atoms with Crippen LogP contribution in [-0.2, 0) is 4.79 Å². The Morgan fingerprint density at radius 3 is 2.37 bits per heavy atom. The number of anilines is 1. The van der Waals surface area contributed by atoms with E-state index < -0.39 is 17.7 Å². The maximum atomic E-state index is 12.4. The molecule has 0 unspecified atom stereocenters. The second kappa shape index (κ2) is 8.46. The molecule has 2 heterocycles. The van der Waals surface area contributed by atoms with Crippen molar-refractivity contribution in [2.24, 2.45) is 0 Å². The highest BCUT2D eigenvalue weighted by molar-refractivity contribution is 7.14. The standard InChI is InChI=1S/C22H19N3O4S/c1-2-11-29-15-9-7-14(8-10-15)18-13-30-22(23-18)24-19(26)12-25-20(27)16-5-3-4-6-17(16)21(25)28/h3-10,13H,2,11-12H2,1H3,(H,23,24,26). The van der Waals surface area contributed by atoms with Crippen LogP contribution in [0.5, 0.6) is 5.75 Å². The van der Waals surface area contributed by atoms with E-state index in [-0.39, 0.29) is 6.54 Å². The van der Waals surface area contributed by atoms with E-state index in [9.17, 15) is 14.4 Å². The summed E-state index contributed by atoms with van der Waals surface area (Å²) < 4.78 is 5.57. The number of carbonyl (C=O) groups is 3. The molecule has 0 fully saturated rings. The van der Waals surface area contributed by atoms with E-state index in [1.54, 1.807) is 24.3 Å². The summed E-state index contributed by atoms with van der Waals surface area (Å²) in [5.74, 6) is -0.606. The Hall–Kier alpha value is -3.52. The van der Waals surface area contributed by atoms with Crippen LogP contribution in [0.1, 0.15) is 34.1 Å². The zero-order chi connectivity index (χ0) is 21.1. The Morgan fingerprint density at radius 2 is 1.73 bits per heavy atom. The van der Waals surface area contributed by atoms with Crippen molar-refractivity contribution in [2.45, 2.75) is 13.3 Å². The van der Waals surface area contributed by atoms with Gasteiger partial charge in [-0.1, -0.05) is 19.1 Å². The number of benzene rings is 2. The molecule has 1 aliphatic heterocycles. The fourth-order valence-electron chi connectivity index (χ4n) is 3.09. The van der Waals surface area contributed by atoms with Gasteiger partial charge in [-0.3, -0.25) is 19.3 Å². The summed E-state index contributed by atoms with van der Waals surface area (Å²) in [5.41, 5.74) is 2.26. The zero-order valence-electron chi connectivity index (χ0n) is 16.3. The molecule has 3 aromatic rings. The van der Waals surface area contributed by atoms with E-state index in [0.717, 1.165) is 28.3 Å². The van der Waals surface area contributed by atoms with E-state index in [2.05, 4.69) is 10.3 Å². The van der Waals surface area contributed by atoms with E-state index in [1.165, 1.54) is 11.3 Å². The molecule has 30 heavy (non-hydrogen) atoms. The number of aromatic nitrogens is 1. The van der Waals surface area contributed by atoms with Crippen LogP contribution >= 0.6 is 11.3 Å². The van der Waals surface area contributed by atoms with E-state index in [1.807, 2.05) is 36.6 Å². The lowest BCUT2D eigenvalue weighted by Gasteiger charge is -2.12. The summed E-state index contributed by atoms with van der Waals surface area (Å²) in [6.07, 6.45) is 0.942. The lowest BCUT2D eigenvalue weighted by molar-refractivity contribution is -0.116. The van der Waals surface area contributed by atoms with Crippen molar-refractivity contribution in [3.8, 4) is 17.0 Å². The molecule has 0 saturated carbocycles. The first kappa shape index (κ1) is 19.8. The number of hydrogen-bond donors (Lipinski definition) is 1. The smallest absolute Gasteiger partial charge is 0.262 e. The van der Waals surface area contributed by atoms with Crippen molar-refractivity contribution in [3.63, 3.8) is 0 Å². The van der Waals surface area contributed by atoms with Crippen molar-refractivity contribution < 1.29 is 19.1 Å². The number of imide groups is 1. The average Bonchev–Trinajstić information content (AvgIpc) is 3.32. The van der Waals surface area contributed by atoms with Crippen LogP contribution in [0.3, 0.4) is 0 Å². The molecule has 1 aromatic heterocycles. The van der Waals surface area contributed by atoms with Crippen LogP contribution in [0, 0.1) is 0 Å². The second-order valence-electron chi connectivity index (χ2n) is 6.70. The van der Waals surface area contributed by atoms with Gasteiger partial charge in [-0.25, -0.2) is 4.98 Å². The van der Waals surface area contributed by atoms with E-state index in [0.29, 0.717) is 22.9 Å². The zero-order valence-corrected chi connectivity index (χ0v) is 17.1. The lowest BCUT2D eigenvalue weighted by atomic mass is 10.1. The molecular weight excluding hydrogens is 402 g/mol. The van der Waals surface area contributed by atoms with Crippen LogP contribution in [-0.4, -0.2) is 40.8 Å². The lowest BCUT2D eigenvalue weighted by Crippen LogP contribution is -2.37. The Morgan fingerprint density at radius 1 is 1.07 bits per heavy atom. The predicted molar refractivity (Wildman–Crippen MR) is 114 cm³/mol. The summed E-state index contributed by atoms with van der Waals surface area (Å²) >= 11 is 1.27. The fraction of sp³-hybridized carbons (Fsp3) is 0.182. The minimum atomic E-state index is -0.478. The molecular formula is C22H19N3O4S. The first-order valence-corrected chi connectivity index (χ1v) is 10.4. The highest BCUT2D eigenvalue weighted by Crippen LogP contribution is 2.27. The molecule has 1 aliphatic rings. The van der Waals surface area contributed by atoms with Gasteiger partial charge in [0.05, 0.1) is 23.4 Å². The Kier molecular flexibility index (Phi) is 5.58. The fourth-order valence-corrected chi connectivity index (χ4v) is 3.83. The topological polar surface area (TPSA) is 88.6 Å². The third-order valence-electron chi connectivity index (χ3n) is 4.55. The predicted octanol–water partition coefficient (Wildman–Crippen LogP) is 3.83. The van der Waals surface area contributed by atoms with Gasteiger partial charge in [0.25, 0.3) is 11.8 Å². The van der Waals surface area contributed by atoms with Gasteiger partial charge in [0.1, 0.15) is 12.3 Å². The second-order valence-corrected chi connectivity index (χ2v) is 7.56. The van der Waals surface area contributed by atoms with Crippen LogP contribution in [0.2, 0.25) is 0 Å². The monoisotopic (exact) mass is 421 g/mol. The SMILES string of the molecule is CCCOc1ccc(-c2csc(NC(=O)CN3C(=O)c4ccccc4C3=O)n2)cc1. The third-order valence-corrected chi connectivity index (χ3v) is 5.31. The van der Waals surface area contributed by atoms with E-state index in [4.69, 9.17) is 4.74 Å². The molecule has 0 spiro atoms. The van der Waals surface area contributed by atoms with Gasteiger partial charge in [-0.15, -0.1) is 11.3 Å². The highest BCUT2D eigenvalue weighted by atomic mass is 32.1. The summed E-state index contributed by atoms with van der Waals surface area (Å²) in [4.78, 5) is 42.5.